The van der Waals surface area contributed by atoms with Crippen molar-refractivity contribution in [1.82, 2.24) is 14.9 Å². The van der Waals surface area contributed by atoms with Crippen LogP contribution in [0.15, 0.2) is 53.5 Å². The van der Waals surface area contributed by atoms with Crippen LogP contribution in [-0.4, -0.2) is 28.0 Å². The summed E-state index contributed by atoms with van der Waals surface area (Å²) in [5.41, 5.74) is 5.28. The summed E-state index contributed by atoms with van der Waals surface area (Å²) in [4.78, 5) is 39.1. The molecule has 7 heteroatoms. The normalized spacial score (nSPS) is 13.8. The van der Waals surface area contributed by atoms with Crippen molar-refractivity contribution < 1.29 is 14.3 Å². The Bertz CT molecular complexity index is 1190. The number of ether oxygens (including phenoxy) is 1. The van der Waals surface area contributed by atoms with E-state index in [4.69, 9.17) is 4.74 Å². The van der Waals surface area contributed by atoms with Gasteiger partial charge in [0.2, 0.25) is 0 Å². The van der Waals surface area contributed by atoms with Gasteiger partial charge in [0, 0.05) is 11.9 Å². The lowest BCUT2D eigenvalue weighted by molar-refractivity contribution is -0.124. The van der Waals surface area contributed by atoms with E-state index in [1.807, 2.05) is 13.8 Å². The first-order chi connectivity index (χ1) is 15.4. The van der Waals surface area contributed by atoms with E-state index < -0.39 is 5.97 Å². The lowest BCUT2D eigenvalue weighted by Gasteiger charge is -2.20. The Balaban J connectivity index is 1.32. The van der Waals surface area contributed by atoms with Gasteiger partial charge in [-0.3, -0.25) is 9.36 Å². The number of H-pyrrole nitrogens is 1. The third-order valence-corrected chi connectivity index (χ3v) is 5.91. The van der Waals surface area contributed by atoms with Crippen LogP contribution in [0, 0.1) is 6.92 Å². The van der Waals surface area contributed by atoms with Crippen LogP contribution in [0.4, 0.5) is 0 Å². The fourth-order valence-corrected chi connectivity index (χ4v) is 4.13. The van der Waals surface area contributed by atoms with E-state index in [2.05, 4.69) is 28.5 Å². The van der Waals surface area contributed by atoms with Gasteiger partial charge in [-0.2, -0.15) is 0 Å². The van der Waals surface area contributed by atoms with E-state index in [9.17, 15) is 14.4 Å². The second kappa shape index (κ2) is 9.26. The van der Waals surface area contributed by atoms with Gasteiger partial charge in [0.05, 0.1) is 17.3 Å². The van der Waals surface area contributed by atoms with Gasteiger partial charge in [-0.25, -0.2) is 9.59 Å². The molecule has 32 heavy (non-hydrogen) atoms. The number of carbonyl (C=O) groups is 2. The number of esters is 1. The summed E-state index contributed by atoms with van der Waals surface area (Å²) >= 11 is 0. The van der Waals surface area contributed by atoms with Gasteiger partial charge in [0.25, 0.3) is 5.91 Å². The van der Waals surface area contributed by atoms with E-state index in [0.717, 1.165) is 24.1 Å². The van der Waals surface area contributed by atoms with Gasteiger partial charge < -0.3 is 15.0 Å². The van der Waals surface area contributed by atoms with Crippen LogP contribution in [-0.2, 0) is 22.4 Å². The van der Waals surface area contributed by atoms with E-state index in [1.165, 1.54) is 28.5 Å². The van der Waals surface area contributed by atoms with E-state index in [1.54, 1.807) is 30.5 Å². The first-order valence-electron chi connectivity index (χ1n) is 10.9. The highest BCUT2D eigenvalue weighted by molar-refractivity contribution is 5.91. The van der Waals surface area contributed by atoms with Crippen molar-refractivity contribution in [3.63, 3.8) is 0 Å². The molecule has 0 saturated carbocycles. The number of rotatable bonds is 6. The predicted octanol–water partition coefficient (Wildman–Crippen LogP) is 3.39. The number of carbonyl (C=O) groups excluding carboxylic acids is 2. The number of benzene rings is 2. The Kier molecular flexibility index (Phi) is 6.25. The average Bonchev–Trinajstić information content (AvgIpc) is 3.15. The maximum absolute atomic E-state index is 12.3. The zero-order valence-corrected chi connectivity index (χ0v) is 18.3. The SMILES string of the molecule is Cc1c[nH]c(=O)n1-c1ccc(C(=O)OCC(=O)N[C@@H](C)c2ccc3c(c2)CCCC3)cc1. The van der Waals surface area contributed by atoms with Crippen molar-refractivity contribution in [2.75, 3.05) is 6.61 Å². The largest absolute Gasteiger partial charge is 0.452 e. The summed E-state index contributed by atoms with van der Waals surface area (Å²) < 4.78 is 6.67. The minimum Gasteiger partial charge on any atom is -0.452 e. The van der Waals surface area contributed by atoms with Crippen LogP contribution in [0.3, 0.4) is 0 Å². The van der Waals surface area contributed by atoms with Crippen LogP contribution in [0.25, 0.3) is 5.69 Å². The summed E-state index contributed by atoms with van der Waals surface area (Å²) in [6.45, 7) is 3.38. The monoisotopic (exact) mass is 433 g/mol. The number of nitrogens with zero attached hydrogens (tertiary/aromatic N) is 1. The molecule has 1 aliphatic rings. The molecule has 1 atom stereocenters. The molecule has 0 saturated heterocycles. The smallest absolute Gasteiger partial charge is 0.338 e. The predicted molar refractivity (Wildman–Crippen MR) is 121 cm³/mol. The van der Waals surface area contributed by atoms with Crippen molar-refractivity contribution in [3.05, 3.63) is 87.1 Å². The minimum absolute atomic E-state index is 0.171. The molecule has 7 nitrogen and oxygen atoms in total. The summed E-state index contributed by atoms with van der Waals surface area (Å²) in [5, 5.41) is 2.89. The summed E-state index contributed by atoms with van der Waals surface area (Å²) in [6, 6.07) is 12.7. The molecule has 166 valence electrons. The zero-order chi connectivity index (χ0) is 22.7. The Hall–Kier alpha value is -3.61. The molecule has 0 aliphatic heterocycles. The minimum atomic E-state index is -0.591. The zero-order valence-electron chi connectivity index (χ0n) is 18.3. The quantitative estimate of drug-likeness (QED) is 0.583. The fraction of sp³-hybridized carbons (Fsp3) is 0.320. The van der Waals surface area contributed by atoms with E-state index >= 15 is 0 Å². The van der Waals surface area contributed by atoms with Crippen molar-refractivity contribution in [3.8, 4) is 5.69 Å². The van der Waals surface area contributed by atoms with Gasteiger partial charge in [-0.1, -0.05) is 18.2 Å². The van der Waals surface area contributed by atoms with Crippen LogP contribution in [0.2, 0.25) is 0 Å². The molecule has 0 bridgehead atoms. The Morgan fingerprint density at radius 3 is 2.50 bits per heavy atom. The molecular weight excluding hydrogens is 406 g/mol. The van der Waals surface area contributed by atoms with Crippen molar-refractivity contribution >= 4 is 11.9 Å². The Morgan fingerprint density at radius 2 is 1.81 bits per heavy atom. The topological polar surface area (TPSA) is 93.2 Å². The molecule has 0 radical (unpaired) electrons. The summed E-state index contributed by atoms with van der Waals surface area (Å²) in [7, 11) is 0. The van der Waals surface area contributed by atoms with Gasteiger partial charge in [0.15, 0.2) is 6.61 Å². The molecule has 1 aromatic heterocycles. The molecule has 1 heterocycles. The number of aromatic nitrogens is 2. The highest BCUT2D eigenvalue weighted by Gasteiger charge is 2.16. The molecule has 1 amide bonds. The maximum atomic E-state index is 12.3. The second-order valence-corrected chi connectivity index (χ2v) is 8.22. The fourth-order valence-electron chi connectivity index (χ4n) is 4.13. The molecule has 0 spiro atoms. The van der Waals surface area contributed by atoms with Crippen LogP contribution in [0.1, 0.15) is 58.5 Å². The number of hydrogen-bond acceptors (Lipinski definition) is 4. The summed E-state index contributed by atoms with van der Waals surface area (Å²) in [6.07, 6.45) is 6.26. The van der Waals surface area contributed by atoms with Crippen molar-refractivity contribution in [2.24, 2.45) is 0 Å². The number of fused-ring (bicyclic) bond motifs is 1. The molecule has 1 aliphatic carbocycles. The van der Waals surface area contributed by atoms with Gasteiger partial charge in [-0.05, 0) is 80.5 Å². The van der Waals surface area contributed by atoms with Gasteiger partial charge >= 0.3 is 11.7 Å². The maximum Gasteiger partial charge on any atom is 0.338 e. The number of aryl methyl sites for hydroxylation is 3. The molecule has 3 aromatic rings. The third-order valence-electron chi connectivity index (χ3n) is 5.91. The van der Waals surface area contributed by atoms with Crippen LogP contribution < -0.4 is 11.0 Å². The summed E-state index contributed by atoms with van der Waals surface area (Å²) in [5.74, 6) is -0.944. The number of imidazole rings is 1. The number of nitrogens with one attached hydrogen (secondary N) is 2. The first kappa shape index (κ1) is 21.6. The number of amides is 1. The molecule has 4 rings (SSSR count). The lowest BCUT2D eigenvalue weighted by Crippen LogP contribution is -2.31. The van der Waals surface area contributed by atoms with Gasteiger partial charge in [-0.15, -0.1) is 0 Å². The lowest BCUT2D eigenvalue weighted by atomic mass is 9.89. The van der Waals surface area contributed by atoms with Crippen LogP contribution >= 0.6 is 0 Å². The first-order valence-corrected chi connectivity index (χ1v) is 10.9. The van der Waals surface area contributed by atoms with E-state index in [0.29, 0.717) is 11.3 Å². The van der Waals surface area contributed by atoms with Gasteiger partial charge in [0.1, 0.15) is 0 Å². The second-order valence-electron chi connectivity index (χ2n) is 8.22. The van der Waals surface area contributed by atoms with Crippen molar-refractivity contribution in [1.29, 1.82) is 0 Å². The number of hydrogen-bond donors (Lipinski definition) is 2. The van der Waals surface area contributed by atoms with Crippen molar-refractivity contribution in [2.45, 2.75) is 45.6 Å². The van der Waals surface area contributed by atoms with E-state index in [-0.39, 0.29) is 24.2 Å². The third kappa shape index (κ3) is 4.66. The Morgan fingerprint density at radius 1 is 1.09 bits per heavy atom. The standard InChI is InChI=1S/C25H27N3O4/c1-16-14-26-25(31)28(16)22-11-9-19(10-12-22)24(30)32-15-23(29)27-17(2)20-8-7-18-5-3-4-6-21(18)13-20/h7-14,17H,3-6,15H2,1-2H3,(H,26,31)(H,27,29)/t17-/m0/s1. The highest BCUT2D eigenvalue weighted by atomic mass is 16.5. The Labute approximate surface area is 186 Å². The van der Waals surface area contributed by atoms with Crippen LogP contribution in [0.5, 0.6) is 0 Å². The molecule has 0 fully saturated rings. The highest BCUT2D eigenvalue weighted by Crippen LogP contribution is 2.24. The average molecular weight is 434 g/mol. The molecule has 2 aromatic carbocycles. The molecular formula is C25H27N3O4. The molecule has 0 unspecified atom stereocenters. The number of aromatic amines is 1. The molecule has 2 N–H and O–H groups in total.